The average molecular weight is 1730 g/mol. The summed E-state index contributed by atoms with van der Waals surface area (Å²) < 4.78 is 33.3. The molecule has 0 saturated heterocycles. The van der Waals surface area contributed by atoms with Crippen molar-refractivity contribution in [1.29, 1.82) is 0 Å². The molecule has 656 valence electrons. The van der Waals surface area contributed by atoms with Crippen molar-refractivity contribution in [2.45, 2.75) is 235 Å². The molecule has 0 aliphatic heterocycles. The van der Waals surface area contributed by atoms with Crippen LogP contribution < -0.4 is 32.9 Å². The molecule has 10 aromatic rings. The van der Waals surface area contributed by atoms with E-state index in [4.69, 9.17) is 0 Å². The summed E-state index contributed by atoms with van der Waals surface area (Å²) in [5, 5.41) is 69.9. The topological polar surface area (TPSA) is 301 Å². The highest BCUT2D eigenvalue weighted by atomic mass is 79.9. The van der Waals surface area contributed by atoms with E-state index >= 15 is 0 Å². The van der Waals surface area contributed by atoms with Crippen molar-refractivity contribution >= 4 is 60.9 Å². The molecule has 120 heavy (non-hydrogen) atoms. The number of nitrogens with zero attached hydrogens (tertiary/aromatic N) is 12. The summed E-state index contributed by atoms with van der Waals surface area (Å²) in [6, 6.07) is 40.4. The molecular weight excluding hydrogens is 1600 g/mol. The molecule has 0 unspecified atom stereocenters. The Labute approximate surface area is 725 Å². The summed E-state index contributed by atoms with van der Waals surface area (Å²) in [5.74, 6) is 0.699. The second-order valence-corrected chi connectivity index (χ2v) is 36.2. The van der Waals surface area contributed by atoms with Crippen molar-refractivity contribution in [3.63, 3.8) is 0 Å². The Morgan fingerprint density at radius 1 is 0.433 bits per heavy atom. The van der Waals surface area contributed by atoms with E-state index in [2.05, 4.69) is 169 Å². The van der Waals surface area contributed by atoms with Gasteiger partial charge < -0.3 is 66.7 Å². The van der Waals surface area contributed by atoms with Gasteiger partial charge in [0.2, 0.25) is 17.7 Å². The van der Waals surface area contributed by atoms with Gasteiger partial charge >= 0.3 is 0 Å². The molecule has 0 bridgehead atoms. The van der Waals surface area contributed by atoms with Crippen LogP contribution in [0.4, 0.5) is 0 Å². The molecule has 0 saturated carbocycles. The Morgan fingerprint density at radius 3 is 1.04 bits per heavy atom. The largest absolute Gasteiger partial charge is 1.00 e. The van der Waals surface area contributed by atoms with Crippen molar-refractivity contribution in [1.82, 2.24) is 65.8 Å². The molecular formula is C94H138BrN15O9S. The van der Waals surface area contributed by atoms with Crippen LogP contribution in [0.5, 0.6) is 17.2 Å². The van der Waals surface area contributed by atoms with E-state index in [0.29, 0.717) is 75.2 Å². The van der Waals surface area contributed by atoms with Crippen LogP contribution in [0.3, 0.4) is 0 Å². The highest BCUT2D eigenvalue weighted by Gasteiger charge is 2.29. The number of quaternary nitrogens is 2. The summed E-state index contributed by atoms with van der Waals surface area (Å²) in [6.07, 6.45) is 13.9. The molecule has 7 aromatic carbocycles. The van der Waals surface area contributed by atoms with Gasteiger partial charge in [-0.2, -0.15) is 0 Å². The first-order chi connectivity index (χ1) is 56.4. The van der Waals surface area contributed by atoms with Crippen LogP contribution in [0.2, 0.25) is 0 Å². The number of aromatic nitrogens is 9. The Kier molecular flexibility index (Phi) is 38.8. The number of rotatable bonds is 38. The monoisotopic (exact) mass is 1730 g/mol. The van der Waals surface area contributed by atoms with Crippen molar-refractivity contribution in [3.05, 3.63) is 172 Å². The maximum Gasteiger partial charge on any atom is 0.220 e. The lowest BCUT2D eigenvalue weighted by molar-refractivity contribution is -0.925. The Morgan fingerprint density at radius 2 is 0.742 bits per heavy atom. The van der Waals surface area contributed by atoms with Crippen LogP contribution in [0, 0.1) is 6.92 Å². The first kappa shape index (κ1) is 99.6. The minimum atomic E-state index is -4.27. The van der Waals surface area contributed by atoms with Gasteiger partial charge in [-0.3, -0.25) is 14.4 Å². The van der Waals surface area contributed by atoms with Gasteiger partial charge in [0, 0.05) is 68.4 Å². The number of amides is 3. The number of benzene rings is 7. The van der Waals surface area contributed by atoms with Gasteiger partial charge in [-0.25, -0.2) is 8.42 Å². The van der Waals surface area contributed by atoms with E-state index in [1.807, 2.05) is 116 Å². The van der Waals surface area contributed by atoms with Crippen LogP contribution in [-0.4, -0.2) is 197 Å². The number of carbonyl (C=O) groups is 3. The quantitative estimate of drug-likeness (QED) is 0.0119. The zero-order chi connectivity index (χ0) is 87.3. The number of unbranched alkanes of at least 4 members (excludes halogenated alkanes) is 5. The summed E-state index contributed by atoms with van der Waals surface area (Å²) >= 11 is 0. The third-order valence-electron chi connectivity index (χ3n) is 22.7. The van der Waals surface area contributed by atoms with Crippen molar-refractivity contribution in [3.8, 4) is 34.3 Å². The van der Waals surface area contributed by atoms with Gasteiger partial charge in [0.15, 0.2) is 0 Å². The predicted molar refractivity (Wildman–Crippen MR) is 479 cm³/mol. The Hall–Kier alpha value is -9.18. The molecule has 0 atom stereocenters. The minimum absolute atomic E-state index is 0. The van der Waals surface area contributed by atoms with E-state index in [1.54, 1.807) is 12.1 Å². The molecule has 24 nitrogen and oxygen atoms in total. The number of halogens is 1. The number of aryl methyl sites for hydroxylation is 4. The molecule has 0 radical (unpaired) electrons. The molecule has 6 N–H and O–H groups in total. The van der Waals surface area contributed by atoms with Gasteiger partial charge in [0.05, 0.1) is 57.8 Å². The molecule has 0 aliphatic carbocycles. The molecule has 26 heteroatoms. The highest BCUT2D eigenvalue weighted by molar-refractivity contribution is 7.85. The molecule has 10 rings (SSSR count). The summed E-state index contributed by atoms with van der Waals surface area (Å²) in [4.78, 5) is 44.4. The number of phenols is 3. The number of nitrogens with one attached hydrogen (secondary N) is 3. The van der Waals surface area contributed by atoms with Crippen molar-refractivity contribution in [2.24, 2.45) is 0 Å². The number of phenolic OH excluding ortho intramolecular Hbond substituents is 3. The zero-order valence-electron chi connectivity index (χ0n) is 74.9. The second-order valence-electron chi connectivity index (χ2n) is 34.8. The maximum absolute atomic E-state index is 12.8. The smallest absolute Gasteiger partial charge is 0.220 e. The minimum Gasteiger partial charge on any atom is -1.00 e. The maximum atomic E-state index is 12.8. The second kappa shape index (κ2) is 46.7. The highest BCUT2D eigenvalue weighted by Crippen LogP contribution is 2.40. The molecule has 0 aliphatic rings. The lowest BCUT2D eigenvalue weighted by Crippen LogP contribution is -3.00. The van der Waals surface area contributed by atoms with E-state index < -0.39 is 10.1 Å². The summed E-state index contributed by atoms with van der Waals surface area (Å²) in [5.41, 5.74) is 11.8. The van der Waals surface area contributed by atoms with Gasteiger partial charge in [0.1, 0.15) is 77.5 Å². The Balaban J connectivity index is 0.000000262. The van der Waals surface area contributed by atoms with E-state index in [1.165, 1.54) is 71.6 Å². The molecule has 0 spiro atoms. The van der Waals surface area contributed by atoms with Crippen LogP contribution in [0.25, 0.3) is 50.2 Å². The lowest BCUT2D eigenvalue weighted by Gasteiger charge is -2.37. The number of hydrogen-bond acceptors (Lipinski definition) is 16. The summed E-state index contributed by atoms with van der Waals surface area (Å²) in [6.45, 7) is 49.1. The SMILES string of the molecule is CCCCCCCC[N+](CC)(CC)CCCNC(=O)CCc1cc(-n2nc3ccccc3n2)c(O)c(C(C)(C)C)c1.CCN(CC)CCCNC(=O)CCc1cc(-n2nc3ccccc3n2)c(O)c(C(C)(C)C)c1.CC[N+](C)(CC)CCCNC(=O)CCc1cc(-n2nc3ccccc3n2)c(O)c(C(C)(C)C)c1.Cc1ccc(S(=O)(=O)[O-])cc1.[Br-]. The van der Waals surface area contributed by atoms with Crippen LogP contribution in [0.15, 0.2) is 138 Å². The van der Waals surface area contributed by atoms with Crippen LogP contribution in [0.1, 0.15) is 227 Å². The van der Waals surface area contributed by atoms with Gasteiger partial charge in [-0.05, 0) is 192 Å². The standard InChI is InChI=1S/C34H53N5O2.C27H39N5O2.C26H37N5O2.C7H8O3S.BrH/c1-7-10-11-12-13-16-23-39(8-2,9-3)24-17-22-35-32(40)21-20-27-25-28(34(4,5)6)33(41)31(26-27)38-36-29-18-14-15-19-30(29)37-38;1-7-32(6,8-2)17-11-16-28-25(33)15-14-20-18-21(27(3,4)5)26(34)24(19-20)31-29-22-12-9-10-13-23(22)30-31;1-6-30(7-2)16-10-15-27-24(32)14-13-19-17-20(26(3,4)5)25(33)23(18-19)31-28-21-11-8-9-12-22(21)29-31;1-6-2-4-7(5-3-6)11(8,9)10;/h14-15,18-19,25-26H,7-13,16-17,20-24H2,1-6H3,(H-,35,40,41);9-10,12-13,18-19H,7-8,11,14-17H2,1-6H3,(H-,28,33,34);8-9,11-12,17-18,33H,6-7,10,13-16H2,1-5H3,(H,27,32);2-5H,1H3,(H,8,9,10);1H. The lowest BCUT2D eigenvalue weighted by atomic mass is 9.84. The third-order valence-corrected chi connectivity index (χ3v) is 23.5. The Bertz CT molecular complexity index is 4890. The first-order valence-corrected chi connectivity index (χ1v) is 44.6. The first-order valence-electron chi connectivity index (χ1n) is 43.2. The third kappa shape index (κ3) is 30.2. The molecule has 3 heterocycles. The van der Waals surface area contributed by atoms with Gasteiger partial charge in [-0.15, -0.1) is 45.0 Å². The zero-order valence-corrected chi connectivity index (χ0v) is 77.3. The van der Waals surface area contributed by atoms with Crippen molar-refractivity contribution in [2.75, 3.05) is 92.1 Å². The van der Waals surface area contributed by atoms with E-state index in [0.717, 1.165) is 159 Å². The van der Waals surface area contributed by atoms with Gasteiger partial charge in [0.25, 0.3) is 0 Å². The van der Waals surface area contributed by atoms with Crippen LogP contribution in [-0.2, 0) is 60.0 Å². The molecule has 3 aromatic heterocycles. The normalized spacial score (nSPS) is 12.0. The summed E-state index contributed by atoms with van der Waals surface area (Å²) in [7, 11) is -2.01. The fraction of sp³-hybridized carbons (Fsp3) is 0.521. The number of hydrogen-bond donors (Lipinski definition) is 6. The van der Waals surface area contributed by atoms with E-state index in [-0.39, 0.29) is 73.1 Å². The average Bonchev–Trinajstić information content (AvgIpc) is 1.53. The van der Waals surface area contributed by atoms with Crippen LogP contribution >= 0.6 is 0 Å². The number of carbonyl (C=O) groups excluding carboxylic acids is 3. The van der Waals surface area contributed by atoms with Crippen molar-refractivity contribution < 1.29 is 68.6 Å². The molecule has 0 fully saturated rings. The molecule has 3 amide bonds. The fourth-order valence-electron chi connectivity index (χ4n) is 14.4. The van der Waals surface area contributed by atoms with E-state index in [9.17, 15) is 42.7 Å². The van der Waals surface area contributed by atoms with Gasteiger partial charge in [-0.1, -0.05) is 181 Å². The fourth-order valence-corrected chi connectivity index (χ4v) is 14.9. The predicted octanol–water partition coefficient (Wildman–Crippen LogP) is 13.5. The number of aromatic hydroxyl groups is 3. The number of fused-ring (bicyclic) bond motifs is 3.